The summed E-state index contributed by atoms with van der Waals surface area (Å²) in [6.45, 7) is 0.616. The predicted molar refractivity (Wildman–Crippen MR) is 71.8 cm³/mol. The van der Waals surface area contributed by atoms with Crippen LogP contribution in [-0.2, 0) is 11.3 Å². The highest BCUT2D eigenvalue weighted by molar-refractivity contribution is 7.13. The molecule has 0 aliphatic rings. The normalized spacial score (nSPS) is 10.4. The third-order valence-corrected chi connectivity index (χ3v) is 3.44. The zero-order valence-electron chi connectivity index (χ0n) is 10.1. The summed E-state index contributed by atoms with van der Waals surface area (Å²) >= 11 is 1.41. The Morgan fingerprint density at radius 2 is 2.21 bits per heavy atom. The zero-order chi connectivity index (χ0) is 13.7. The molecule has 0 saturated heterocycles. The van der Waals surface area contributed by atoms with Crippen molar-refractivity contribution in [3.8, 4) is 0 Å². The fourth-order valence-corrected chi connectivity index (χ4v) is 2.35. The van der Waals surface area contributed by atoms with Gasteiger partial charge in [0.2, 0.25) is 0 Å². The van der Waals surface area contributed by atoms with E-state index in [1.807, 2.05) is 5.38 Å². The van der Waals surface area contributed by atoms with Crippen LogP contribution in [0, 0.1) is 5.82 Å². The lowest BCUT2D eigenvalue weighted by Gasteiger charge is -2.21. The van der Waals surface area contributed by atoms with Crippen LogP contribution in [0.15, 0.2) is 35.8 Å². The van der Waals surface area contributed by atoms with Crippen molar-refractivity contribution in [1.82, 2.24) is 4.98 Å². The Bertz CT molecular complexity index is 545. The first-order chi connectivity index (χ1) is 9.16. The molecule has 0 radical (unpaired) electrons. The van der Waals surface area contributed by atoms with Gasteiger partial charge in [-0.05, 0) is 6.07 Å². The number of hydrogen-bond donors (Lipinski definition) is 1. The van der Waals surface area contributed by atoms with Crippen molar-refractivity contribution in [2.75, 3.05) is 11.4 Å². The molecule has 4 nitrogen and oxygen atoms in total. The number of carbonyl (C=O) groups is 1. The molecule has 6 heteroatoms. The molecule has 1 aromatic carbocycles. The lowest BCUT2D eigenvalue weighted by atomic mass is 10.2. The molecule has 100 valence electrons. The highest BCUT2D eigenvalue weighted by Gasteiger charge is 2.13. The molecular formula is C13H13FN2O2S. The molecule has 2 rings (SSSR count). The van der Waals surface area contributed by atoms with Gasteiger partial charge in [-0.2, -0.15) is 0 Å². The summed E-state index contributed by atoms with van der Waals surface area (Å²) in [4.78, 5) is 16.6. The molecule has 0 bridgehead atoms. The van der Waals surface area contributed by atoms with Crippen LogP contribution in [-0.4, -0.2) is 22.6 Å². The highest BCUT2D eigenvalue weighted by Crippen LogP contribution is 2.21. The number of anilines is 1. The molecule has 0 aliphatic carbocycles. The minimum absolute atomic E-state index is 0.00592. The zero-order valence-corrected chi connectivity index (χ0v) is 10.9. The number of thiazole rings is 1. The van der Waals surface area contributed by atoms with E-state index in [1.165, 1.54) is 17.4 Å². The number of nitrogens with zero attached hydrogens (tertiary/aromatic N) is 2. The van der Waals surface area contributed by atoms with Crippen molar-refractivity contribution in [3.05, 3.63) is 47.2 Å². The number of rotatable bonds is 6. The molecule has 0 amide bonds. The standard InChI is InChI=1S/C13H13FN2O2S/c14-11-4-2-1-3-10(11)9-16(7-5-12(17)18)13-15-6-8-19-13/h1-4,6,8H,5,7,9H2,(H,17,18). The Labute approximate surface area is 114 Å². The smallest absolute Gasteiger partial charge is 0.305 e. The largest absolute Gasteiger partial charge is 0.481 e. The van der Waals surface area contributed by atoms with Crippen molar-refractivity contribution < 1.29 is 14.3 Å². The van der Waals surface area contributed by atoms with Gasteiger partial charge in [-0.15, -0.1) is 11.3 Å². The molecule has 19 heavy (non-hydrogen) atoms. The van der Waals surface area contributed by atoms with E-state index in [1.54, 1.807) is 29.3 Å². The first-order valence-electron chi connectivity index (χ1n) is 5.76. The molecule has 0 atom stereocenters. The number of aliphatic carboxylic acids is 1. The molecule has 0 spiro atoms. The minimum Gasteiger partial charge on any atom is -0.481 e. The number of benzene rings is 1. The minimum atomic E-state index is -0.880. The summed E-state index contributed by atoms with van der Waals surface area (Å²) < 4.78 is 13.6. The maximum Gasteiger partial charge on any atom is 0.305 e. The van der Waals surface area contributed by atoms with E-state index in [0.29, 0.717) is 23.8 Å². The van der Waals surface area contributed by atoms with Crippen molar-refractivity contribution >= 4 is 22.4 Å². The number of carboxylic acid groups (broad SMARTS) is 1. The molecular weight excluding hydrogens is 267 g/mol. The molecule has 1 aromatic heterocycles. The van der Waals surface area contributed by atoms with Crippen molar-refractivity contribution in [3.63, 3.8) is 0 Å². The van der Waals surface area contributed by atoms with E-state index in [9.17, 15) is 9.18 Å². The van der Waals surface area contributed by atoms with Gasteiger partial charge in [0.15, 0.2) is 5.13 Å². The van der Waals surface area contributed by atoms with Crippen LogP contribution in [0.1, 0.15) is 12.0 Å². The highest BCUT2D eigenvalue weighted by atomic mass is 32.1. The molecule has 0 aliphatic heterocycles. The topological polar surface area (TPSA) is 53.4 Å². The fraction of sp³-hybridized carbons (Fsp3) is 0.231. The Morgan fingerprint density at radius 1 is 1.42 bits per heavy atom. The van der Waals surface area contributed by atoms with Gasteiger partial charge in [0.05, 0.1) is 6.42 Å². The Hall–Kier alpha value is -1.95. The number of hydrogen-bond acceptors (Lipinski definition) is 4. The van der Waals surface area contributed by atoms with Crippen LogP contribution in [0.3, 0.4) is 0 Å². The van der Waals surface area contributed by atoms with E-state index < -0.39 is 5.97 Å². The first-order valence-corrected chi connectivity index (χ1v) is 6.64. The average Bonchev–Trinajstić information content (AvgIpc) is 2.90. The second-order valence-electron chi connectivity index (χ2n) is 3.97. The van der Waals surface area contributed by atoms with Gasteiger partial charge in [-0.25, -0.2) is 9.37 Å². The summed E-state index contributed by atoms with van der Waals surface area (Å²) in [5, 5.41) is 11.3. The van der Waals surface area contributed by atoms with Crippen LogP contribution < -0.4 is 4.90 Å². The summed E-state index contributed by atoms with van der Waals surface area (Å²) in [6, 6.07) is 6.47. The SMILES string of the molecule is O=C(O)CCN(Cc1ccccc1F)c1nccs1. The van der Waals surface area contributed by atoms with Gasteiger partial charge in [-0.3, -0.25) is 4.79 Å². The van der Waals surface area contributed by atoms with E-state index in [2.05, 4.69) is 4.98 Å². The van der Waals surface area contributed by atoms with E-state index >= 15 is 0 Å². The van der Waals surface area contributed by atoms with Gasteiger partial charge in [0.1, 0.15) is 5.82 Å². The fourth-order valence-electron chi connectivity index (χ4n) is 1.68. The summed E-state index contributed by atoms with van der Waals surface area (Å²) in [7, 11) is 0. The second kappa shape index (κ2) is 6.29. The maximum atomic E-state index is 13.6. The predicted octanol–water partition coefficient (Wildman–Crippen LogP) is 2.76. The number of halogens is 1. The van der Waals surface area contributed by atoms with Gasteiger partial charge in [-0.1, -0.05) is 18.2 Å². The van der Waals surface area contributed by atoms with Gasteiger partial charge >= 0.3 is 5.97 Å². The summed E-state index contributed by atoms with van der Waals surface area (Å²) in [5.41, 5.74) is 0.531. The van der Waals surface area contributed by atoms with Crippen LogP contribution in [0.5, 0.6) is 0 Å². The Kier molecular flexibility index (Phi) is 4.46. The van der Waals surface area contributed by atoms with E-state index in [0.717, 1.165) is 0 Å². The Balaban J connectivity index is 2.14. The van der Waals surface area contributed by atoms with Crippen LogP contribution in [0.4, 0.5) is 9.52 Å². The molecule has 1 heterocycles. The van der Waals surface area contributed by atoms with Crippen LogP contribution >= 0.6 is 11.3 Å². The monoisotopic (exact) mass is 280 g/mol. The summed E-state index contributed by atoms with van der Waals surface area (Å²) in [6.07, 6.45) is 1.64. The molecule has 2 aromatic rings. The quantitative estimate of drug-likeness (QED) is 0.884. The molecule has 0 saturated carbocycles. The van der Waals surface area contributed by atoms with Crippen molar-refractivity contribution in [2.45, 2.75) is 13.0 Å². The second-order valence-corrected chi connectivity index (χ2v) is 4.84. The molecule has 0 fully saturated rings. The van der Waals surface area contributed by atoms with E-state index in [-0.39, 0.29) is 12.2 Å². The van der Waals surface area contributed by atoms with E-state index in [4.69, 9.17) is 5.11 Å². The maximum absolute atomic E-state index is 13.6. The summed E-state index contributed by atoms with van der Waals surface area (Å²) in [5.74, 6) is -1.17. The third kappa shape index (κ3) is 3.75. The van der Waals surface area contributed by atoms with Gasteiger partial charge < -0.3 is 10.0 Å². The van der Waals surface area contributed by atoms with Gasteiger partial charge in [0.25, 0.3) is 0 Å². The van der Waals surface area contributed by atoms with Gasteiger partial charge in [0, 0.05) is 30.2 Å². The van der Waals surface area contributed by atoms with Crippen LogP contribution in [0.25, 0.3) is 0 Å². The average molecular weight is 280 g/mol. The van der Waals surface area contributed by atoms with Crippen LogP contribution in [0.2, 0.25) is 0 Å². The lowest BCUT2D eigenvalue weighted by molar-refractivity contribution is -0.136. The number of aromatic nitrogens is 1. The number of carboxylic acids is 1. The Morgan fingerprint density at radius 3 is 2.84 bits per heavy atom. The lowest BCUT2D eigenvalue weighted by Crippen LogP contribution is -2.26. The first kappa shape index (κ1) is 13.5. The molecule has 1 N–H and O–H groups in total. The van der Waals surface area contributed by atoms with Crippen molar-refractivity contribution in [2.24, 2.45) is 0 Å². The third-order valence-electron chi connectivity index (χ3n) is 2.60. The molecule has 0 unspecified atom stereocenters. The van der Waals surface area contributed by atoms with Crippen molar-refractivity contribution in [1.29, 1.82) is 0 Å².